The summed E-state index contributed by atoms with van der Waals surface area (Å²) >= 11 is 0. The van der Waals surface area contributed by atoms with Crippen molar-refractivity contribution in [1.82, 2.24) is 9.78 Å². The Bertz CT molecular complexity index is 497. The van der Waals surface area contributed by atoms with Crippen LogP contribution >= 0.6 is 0 Å². The van der Waals surface area contributed by atoms with Crippen LogP contribution in [0.25, 0.3) is 0 Å². The van der Waals surface area contributed by atoms with Crippen molar-refractivity contribution in [2.75, 3.05) is 5.32 Å². The lowest BCUT2D eigenvalue weighted by Gasteiger charge is -2.36. The fraction of sp³-hybridized carbons (Fsp3) is 0.400. The molecule has 1 aliphatic rings. The van der Waals surface area contributed by atoms with Crippen molar-refractivity contribution >= 4 is 5.69 Å². The van der Waals surface area contributed by atoms with Crippen LogP contribution in [0.5, 0.6) is 0 Å². The minimum Gasteiger partial charge on any atom is -0.380 e. The lowest BCUT2D eigenvalue weighted by molar-refractivity contribution is 0.374. The van der Waals surface area contributed by atoms with Crippen molar-refractivity contribution in [3.8, 4) is 0 Å². The van der Waals surface area contributed by atoms with Gasteiger partial charge in [-0.25, -0.2) is 0 Å². The Balaban J connectivity index is 1.53. The maximum absolute atomic E-state index is 4.28. The van der Waals surface area contributed by atoms with Crippen molar-refractivity contribution < 1.29 is 0 Å². The maximum atomic E-state index is 4.28. The normalized spacial score (nSPS) is 22.5. The number of anilines is 1. The first kappa shape index (κ1) is 11.3. The molecule has 2 aromatic rings. The van der Waals surface area contributed by atoms with Crippen LogP contribution in [0.1, 0.15) is 31.2 Å². The second-order valence-corrected chi connectivity index (χ2v) is 5.00. The van der Waals surface area contributed by atoms with Crippen LogP contribution in [0, 0.1) is 0 Å². The smallest absolute Gasteiger partial charge is 0.0728 e. The fourth-order valence-electron chi connectivity index (χ4n) is 2.58. The van der Waals surface area contributed by atoms with E-state index in [1.165, 1.54) is 18.4 Å². The van der Waals surface area contributed by atoms with E-state index in [1.807, 2.05) is 10.9 Å². The molecule has 0 unspecified atom stereocenters. The third-order valence-corrected chi connectivity index (χ3v) is 3.74. The van der Waals surface area contributed by atoms with Crippen LogP contribution in [0.4, 0.5) is 5.69 Å². The first-order valence-corrected chi connectivity index (χ1v) is 6.69. The highest BCUT2D eigenvalue weighted by Crippen LogP contribution is 2.38. The zero-order valence-electron chi connectivity index (χ0n) is 10.7. The molecule has 1 aromatic carbocycles. The first-order valence-electron chi connectivity index (χ1n) is 6.69. The maximum Gasteiger partial charge on any atom is 0.0728 e. The van der Waals surface area contributed by atoms with Crippen molar-refractivity contribution in [3.63, 3.8) is 0 Å². The van der Waals surface area contributed by atoms with Gasteiger partial charge in [-0.3, -0.25) is 4.68 Å². The molecule has 0 atom stereocenters. The lowest BCUT2D eigenvalue weighted by Crippen LogP contribution is -2.33. The number of hydrogen-bond acceptors (Lipinski definition) is 2. The summed E-state index contributed by atoms with van der Waals surface area (Å²) in [6.07, 6.45) is 6.44. The number of aromatic nitrogens is 2. The van der Waals surface area contributed by atoms with Crippen molar-refractivity contribution in [2.24, 2.45) is 0 Å². The summed E-state index contributed by atoms with van der Waals surface area (Å²) < 4.78 is 1.95. The van der Waals surface area contributed by atoms with E-state index >= 15 is 0 Å². The van der Waals surface area contributed by atoms with Crippen LogP contribution in [-0.2, 0) is 6.54 Å². The van der Waals surface area contributed by atoms with Crippen LogP contribution in [0.2, 0.25) is 0 Å². The van der Waals surface area contributed by atoms with Crippen LogP contribution in [-0.4, -0.2) is 15.8 Å². The van der Waals surface area contributed by atoms with E-state index in [2.05, 4.69) is 53.9 Å². The zero-order valence-corrected chi connectivity index (χ0v) is 10.7. The summed E-state index contributed by atoms with van der Waals surface area (Å²) in [5.74, 6) is 0.727. The van der Waals surface area contributed by atoms with Crippen LogP contribution < -0.4 is 5.32 Å². The number of aryl methyl sites for hydroxylation is 1. The zero-order chi connectivity index (χ0) is 12.4. The highest BCUT2D eigenvalue weighted by Gasteiger charge is 2.30. The van der Waals surface area contributed by atoms with Gasteiger partial charge in [0.15, 0.2) is 0 Å². The third kappa shape index (κ3) is 2.26. The molecule has 0 aliphatic heterocycles. The van der Waals surface area contributed by atoms with Gasteiger partial charge in [0.2, 0.25) is 0 Å². The standard InChI is InChI=1S/C15H19N3/c1-2-18-11-15(10-16-18)17-14-8-13(9-14)12-6-4-3-5-7-12/h3-7,10-11,13-14,17H,2,8-9H2,1H3. The molecule has 1 heterocycles. The molecule has 1 aromatic heterocycles. The Morgan fingerprint density at radius 2 is 2.06 bits per heavy atom. The SMILES string of the molecule is CCn1cc(NC2CC(c3ccccc3)C2)cn1. The summed E-state index contributed by atoms with van der Waals surface area (Å²) in [6.45, 7) is 3.03. The van der Waals surface area contributed by atoms with Gasteiger partial charge in [-0.1, -0.05) is 30.3 Å². The van der Waals surface area contributed by atoms with Gasteiger partial charge in [-0.15, -0.1) is 0 Å². The van der Waals surface area contributed by atoms with E-state index in [-0.39, 0.29) is 0 Å². The Morgan fingerprint density at radius 3 is 2.72 bits per heavy atom. The highest BCUT2D eigenvalue weighted by molar-refractivity contribution is 5.41. The Morgan fingerprint density at radius 1 is 1.28 bits per heavy atom. The third-order valence-electron chi connectivity index (χ3n) is 3.74. The second kappa shape index (κ2) is 4.84. The molecule has 1 N–H and O–H groups in total. The first-order chi connectivity index (χ1) is 8.85. The molecule has 1 aliphatic carbocycles. The van der Waals surface area contributed by atoms with Gasteiger partial charge in [0.1, 0.15) is 0 Å². The number of benzene rings is 1. The average Bonchev–Trinajstić information content (AvgIpc) is 2.82. The average molecular weight is 241 g/mol. The minimum atomic E-state index is 0.602. The van der Waals surface area contributed by atoms with Gasteiger partial charge >= 0.3 is 0 Å². The number of nitrogens with zero attached hydrogens (tertiary/aromatic N) is 2. The molecular weight excluding hydrogens is 222 g/mol. The van der Waals surface area contributed by atoms with Gasteiger partial charge < -0.3 is 5.32 Å². The summed E-state index contributed by atoms with van der Waals surface area (Å²) in [4.78, 5) is 0. The predicted molar refractivity (Wildman–Crippen MR) is 73.7 cm³/mol. The number of rotatable bonds is 4. The molecule has 3 rings (SSSR count). The summed E-state index contributed by atoms with van der Waals surface area (Å²) in [5.41, 5.74) is 2.62. The van der Waals surface area contributed by atoms with Crippen molar-refractivity contribution in [3.05, 3.63) is 48.3 Å². The summed E-state index contributed by atoms with van der Waals surface area (Å²) in [6, 6.07) is 11.4. The largest absolute Gasteiger partial charge is 0.380 e. The lowest BCUT2D eigenvalue weighted by atomic mass is 9.76. The number of hydrogen-bond donors (Lipinski definition) is 1. The van der Waals surface area contributed by atoms with E-state index < -0.39 is 0 Å². The second-order valence-electron chi connectivity index (χ2n) is 5.00. The Labute approximate surface area is 108 Å². The quantitative estimate of drug-likeness (QED) is 0.890. The molecule has 0 saturated heterocycles. The molecule has 0 radical (unpaired) electrons. The van der Waals surface area contributed by atoms with Gasteiger partial charge in [-0.2, -0.15) is 5.10 Å². The van der Waals surface area contributed by atoms with E-state index in [0.29, 0.717) is 6.04 Å². The van der Waals surface area contributed by atoms with Crippen molar-refractivity contribution in [1.29, 1.82) is 0 Å². The molecule has 0 bridgehead atoms. The van der Waals surface area contributed by atoms with E-state index in [1.54, 1.807) is 0 Å². The van der Waals surface area contributed by atoms with Gasteiger partial charge in [-0.05, 0) is 31.2 Å². The molecule has 0 spiro atoms. The molecule has 94 valence electrons. The number of nitrogens with one attached hydrogen (secondary N) is 1. The molecule has 18 heavy (non-hydrogen) atoms. The monoisotopic (exact) mass is 241 g/mol. The van der Waals surface area contributed by atoms with E-state index in [0.717, 1.165) is 18.2 Å². The van der Waals surface area contributed by atoms with Crippen molar-refractivity contribution in [2.45, 2.75) is 38.3 Å². The Kier molecular flexibility index (Phi) is 3.05. The van der Waals surface area contributed by atoms with Gasteiger partial charge in [0.05, 0.1) is 11.9 Å². The molecule has 3 nitrogen and oxygen atoms in total. The molecule has 3 heteroatoms. The van der Waals surface area contributed by atoms with E-state index in [9.17, 15) is 0 Å². The van der Waals surface area contributed by atoms with Crippen LogP contribution in [0.15, 0.2) is 42.7 Å². The predicted octanol–water partition coefficient (Wildman–Crippen LogP) is 3.26. The summed E-state index contributed by atoms with van der Waals surface area (Å²) in [7, 11) is 0. The highest BCUT2D eigenvalue weighted by atomic mass is 15.3. The Hall–Kier alpha value is -1.77. The molecule has 0 amide bonds. The van der Waals surface area contributed by atoms with Gasteiger partial charge in [0.25, 0.3) is 0 Å². The van der Waals surface area contributed by atoms with Crippen LogP contribution in [0.3, 0.4) is 0 Å². The fourth-order valence-corrected chi connectivity index (χ4v) is 2.58. The molecule has 1 saturated carbocycles. The molecular formula is C15H19N3. The summed E-state index contributed by atoms with van der Waals surface area (Å²) in [5, 5.41) is 7.83. The minimum absolute atomic E-state index is 0.602. The topological polar surface area (TPSA) is 29.9 Å². The molecule has 1 fully saturated rings. The van der Waals surface area contributed by atoms with E-state index in [4.69, 9.17) is 0 Å². The van der Waals surface area contributed by atoms with Gasteiger partial charge in [0, 0.05) is 18.8 Å².